The standard InChI is InChI=1S/C7H14N3O8P/c8-1-5(11)10-4(3-18-19(15,16)17)7(14)9-2-6(12)13/h4H,1-3,8H2,(H,9,14)(H,10,11)(H,12,13)(H2,15,16,17). The molecule has 0 saturated heterocycles. The van der Waals surface area contributed by atoms with E-state index in [2.05, 4.69) is 4.52 Å². The second-order valence-corrected chi connectivity index (χ2v) is 4.46. The van der Waals surface area contributed by atoms with Gasteiger partial charge in [-0.2, -0.15) is 0 Å². The van der Waals surface area contributed by atoms with E-state index in [9.17, 15) is 18.9 Å². The van der Waals surface area contributed by atoms with Crippen LogP contribution >= 0.6 is 7.82 Å². The third-order valence-corrected chi connectivity index (χ3v) is 2.15. The van der Waals surface area contributed by atoms with Crippen LogP contribution in [0.15, 0.2) is 0 Å². The van der Waals surface area contributed by atoms with E-state index in [1.165, 1.54) is 0 Å². The van der Waals surface area contributed by atoms with E-state index < -0.39 is 51.3 Å². The maximum Gasteiger partial charge on any atom is 0.469 e. The SMILES string of the molecule is NCC(=O)NC(COP(=O)(O)O)C(=O)NCC(=O)O. The predicted molar refractivity (Wildman–Crippen MR) is 59.6 cm³/mol. The van der Waals surface area contributed by atoms with Gasteiger partial charge in [0.25, 0.3) is 0 Å². The van der Waals surface area contributed by atoms with Crippen molar-refractivity contribution < 1.29 is 38.4 Å². The van der Waals surface area contributed by atoms with Crippen LogP contribution in [0.4, 0.5) is 0 Å². The first-order chi connectivity index (χ1) is 8.65. The molecule has 0 spiro atoms. The second-order valence-electron chi connectivity index (χ2n) is 3.22. The highest BCUT2D eigenvalue weighted by Gasteiger charge is 2.25. The van der Waals surface area contributed by atoms with Gasteiger partial charge in [-0.3, -0.25) is 18.9 Å². The lowest BCUT2D eigenvalue weighted by Crippen LogP contribution is -2.51. The van der Waals surface area contributed by atoms with Gasteiger partial charge < -0.3 is 31.3 Å². The van der Waals surface area contributed by atoms with Crippen LogP contribution in [0.3, 0.4) is 0 Å². The first kappa shape index (κ1) is 17.5. The minimum Gasteiger partial charge on any atom is -0.480 e. The summed E-state index contributed by atoms with van der Waals surface area (Å²) in [6.07, 6.45) is 0. The quantitative estimate of drug-likeness (QED) is 0.250. The molecule has 12 heteroatoms. The zero-order valence-electron chi connectivity index (χ0n) is 9.61. The predicted octanol–water partition coefficient (Wildman–Crippen LogP) is -3.26. The molecule has 0 aromatic carbocycles. The molecule has 0 saturated carbocycles. The van der Waals surface area contributed by atoms with E-state index in [0.717, 1.165) is 0 Å². The fraction of sp³-hybridized carbons (Fsp3) is 0.571. The molecule has 19 heavy (non-hydrogen) atoms. The van der Waals surface area contributed by atoms with Gasteiger partial charge in [-0.05, 0) is 0 Å². The lowest BCUT2D eigenvalue weighted by molar-refractivity contribution is -0.138. The minimum absolute atomic E-state index is 0.460. The van der Waals surface area contributed by atoms with Crippen molar-refractivity contribution in [2.24, 2.45) is 5.73 Å². The molecule has 0 fully saturated rings. The van der Waals surface area contributed by atoms with Crippen LogP contribution in [0.25, 0.3) is 0 Å². The average molecular weight is 299 g/mol. The Morgan fingerprint density at radius 2 is 1.89 bits per heavy atom. The Labute approximate surface area is 107 Å². The molecule has 2 amide bonds. The zero-order valence-corrected chi connectivity index (χ0v) is 10.5. The Balaban J connectivity index is 4.56. The number of hydrogen-bond donors (Lipinski definition) is 6. The third-order valence-electron chi connectivity index (χ3n) is 1.66. The molecule has 0 bridgehead atoms. The van der Waals surface area contributed by atoms with Crippen LogP contribution in [-0.2, 0) is 23.5 Å². The zero-order chi connectivity index (χ0) is 15.1. The van der Waals surface area contributed by atoms with E-state index in [1.54, 1.807) is 0 Å². The van der Waals surface area contributed by atoms with E-state index in [0.29, 0.717) is 0 Å². The molecule has 1 atom stereocenters. The van der Waals surface area contributed by atoms with Crippen LogP contribution < -0.4 is 16.4 Å². The second kappa shape index (κ2) is 7.81. The number of aliphatic carboxylic acids is 1. The molecule has 0 rings (SSSR count). The lowest BCUT2D eigenvalue weighted by atomic mass is 10.3. The van der Waals surface area contributed by atoms with Gasteiger partial charge in [0, 0.05) is 0 Å². The van der Waals surface area contributed by atoms with Crippen molar-refractivity contribution in [3.05, 3.63) is 0 Å². The number of nitrogens with one attached hydrogen (secondary N) is 2. The first-order valence-corrected chi connectivity index (χ1v) is 6.37. The van der Waals surface area contributed by atoms with Crippen molar-refractivity contribution in [2.45, 2.75) is 6.04 Å². The summed E-state index contributed by atoms with van der Waals surface area (Å²) >= 11 is 0. The monoisotopic (exact) mass is 299 g/mol. The Kier molecular flexibility index (Phi) is 7.19. The first-order valence-electron chi connectivity index (χ1n) is 4.84. The van der Waals surface area contributed by atoms with Crippen LogP contribution in [-0.4, -0.2) is 58.4 Å². The van der Waals surface area contributed by atoms with Gasteiger partial charge in [0.1, 0.15) is 12.6 Å². The van der Waals surface area contributed by atoms with Crippen molar-refractivity contribution in [3.8, 4) is 0 Å². The number of amides is 2. The number of hydrogen-bond acceptors (Lipinski definition) is 6. The maximum absolute atomic E-state index is 11.5. The van der Waals surface area contributed by atoms with E-state index in [1.807, 2.05) is 10.6 Å². The molecule has 110 valence electrons. The van der Waals surface area contributed by atoms with E-state index >= 15 is 0 Å². The smallest absolute Gasteiger partial charge is 0.469 e. The summed E-state index contributed by atoms with van der Waals surface area (Å²) in [5.74, 6) is -3.07. The molecule has 11 nitrogen and oxygen atoms in total. The number of carboxylic acids is 1. The Morgan fingerprint density at radius 1 is 1.32 bits per heavy atom. The minimum atomic E-state index is -4.83. The van der Waals surface area contributed by atoms with Crippen molar-refractivity contribution >= 4 is 25.6 Å². The topological polar surface area (TPSA) is 188 Å². The number of carboxylic acid groups (broad SMARTS) is 1. The number of nitrogens with two attached hydrogens (primary N) is 1. The summed E-state index contributed by atoms with van der Waals surface area (Å²) in [6, 6.07) is -1.47. The van der Waals surface area contributed by atoms with Crippen molar-refractivity contribution in [2.75, 3.05) is 19.7 Å². The molecule has 0 heterocycles. The van der Waals surface area contributed by atoms with Gasteiger partial charge in [0.2, 0.25) is 11.8 Å². The van der Waals surface area contributed by atoms with Crippen molar-refractivity contribution in [1.29, 1.82) is 0 Å². The highest BCUT2D eigenvalue weighted by atomic mass is 31.2. The Bertz CT molecular complexity index is 394. The summed E-state index contributed by atoms with van der Waals surface area (Å²) in [7, 11) is -4.83. The summed E-state index contributed by atoms with van der Waals surface area (Å²) in [4.78, 5) is 49.7. The fourth-order valence-corrected chi connectivity index (χ4v) is 1.24. The highest BCUT2D eigenvalue weighted by molar-refractivity contribution is 7.46. The summed E-state index contributed by atoms with van der Waals surface area (Å²) in [6.45, 7) is -2.01. The average Bonchev–Trinajstić information content (AvgIpc) is 2.29. The molecule has 0 aliphatic rings. The van der Waals surface area contributed by atoms with Crippen LogP contribution in [0.1, 0.15) is 0 Å². The van der Waals surface area contributed by atoms with Gasteiger partial charge in [-0.25, -0.2) is 4.57 Å². The molecule has 0 aromatic rings. The maximum atomic E-state index is 11.5. The number of phosphoric acid groups is 1. The molecule has 0 aliphatic carbocycles. The molecular formula is C7H14N3O8P. The van der Waals surface area contributed by atoms with Gasteiger partial charge >= 0.3 is 13.8 Å². The van der Waals surface area contributed by atoms with Crippen LogP contribution in [0.2, 0.25) is 0 Å². The van der Waals surface area contributed by atoms with Gasteiger partial charge in [0.05, 0.1) is 13.2 Å². The molecule has 0 aliphatic heterocycles. The highest BCUT2D eigenvalue weighted by Crippen LogP contribution is 2.35. The summed E-state index contributed by atoms with van der Waals surface area (Å²) < 4.78 is 14.6. The van der Waals surface area contributed by atoms with Crippen LogP contribution in [0, 0.1) is 0 Å². The molecule has 0 radical (unpaired) electrons. The van der Waals surface area contributed by atoms with E-state index in [-0.39, 0.29) is 0 Å². The lowest BCUT2D eigenvalue weighted by Gasteiger charge is -2.17. The normalized spacial score (nSPS) is 12.6. The molecule has 7 N–H and O–H groups in total. The Hall–Kier alpha value is -1.52. The number of carbonyl (C=O) groups excluding carboxylic acids is 2. The van der Waals surface area contributed by atoms with Crippen LogP contribution in [0.5, 0.6) is 0 Å². The summed E-state index contributed by atoms with van der Waals surface area (Å²) in [5.41, 5.74) is 4.99. The van der Waals surface area contributed by atoms with E-state index in [4.69, 9.17) is 20.6 Å². The fourth-order valence-electron chi connectivity index (χ4n) is 0.894. The number of phosphoric ester groups is 1. The van der Waals surface area contributed by atoms with Crippen molar-refractivity contribution in [3.63, 3.8) is 0 Å². The molecule has 1 unspecified atom stereocenters. The molecule has 0 aromatic heterocycles. The van der Waals surface area contributed by atoms with Crippen molar-refractivity contribution in [1.82, 2.24) is 10.6 Å². The Morgan fingerprint density at radius 3 is 2.32 bits per heavy atom. The van der Waals surface area contributed by atoms with Gasteiger partial charge in [0.15, 0.2) is 0 Å². The number of rotatable bonds is 8. The largest absolute Gasteiger partial charge is 0.480 e. The van der Waals surface area contributed by atoms with Gasteiger partial charge in [-0.1, -0.05) is 0 Å². The molecular weight excluding hydrogens is 285 g/mol. The van der Waals surface area contributed by atoms with Gasteiger partial charge in [-0.15, -0.1) is 0 Å². The summed E-state index contributed by atoms with van der Waals surface area (Å²) in [5, 5.41) is 12.3. The third kappa shape index (κ3) is 9.11. The number of carbonyl (C=O) groups is 3.